The van der Waals surface area contributed by atoms with Crippen molar-refractivity contribution in [3.05, 3.63) is 28.8 Å². The Labute approximate surface area is 120 Å². The minimum atomic E-state index is 0.376. The van der Waals surface area contributed by atoms with Crippen molar-refractivity contribution >= 4 is 11.6 Å². The molecule has 1 aliphatic heterocycles. The second-order valence-corrected chi connectivity index (χ2v) is 6.30. The van der Waals surface area contributed by atoms with E-state index >= 15 is 0 Å². The largest absolute Gasteiger partial charge is 0.496 e. The molecule has 0 aromatic heterocycles. The second-order valence-electron chi connectivity index (χ2n) is 5.87. The Balaban J connectivity index is 2.02. The third-order valence-electron chi connectivity index (χ3n) is 3.79. The fourth-order valence-electron chi connectivity index (χ4n) is 2.87. The van der Waals surface area contributed by atoms with Crippen LogP contribution in [0.5, 0.6) is 5.75 Å². The SMILES string of the molecule is COc1ccc(Cl)cc1CN(C)CC1(C)CCNC1. The third-order valence-corrected chi connectivity index (χ3v) is 4.03. The first-order valence-electron chi connectivity index (χ1n) is 6.74. The maximum atomic E-state index is 6.07. The van der Waals surface area contributed by atoms with Crippen molar-refractivity contribution in [3.8, 4) is 5.75 Å². The van der Waals surface area contributed by atoms with E-state index in [1.807, 2.05) is 18.2 Å². The summed E-state index contributed by atoms with van der Waals surface area (Å²) in [6.07, 6.45) is 1.24. The van der Waals surface area contributed by atoms with E-state index in [9.17, 15) is 0 Å². The molecular weight excluding hydrogens is 260 g/mol. The van der Waals surface area contributed by atoms with Gasteiger partial charge in [0.2, 0.25) is 0 Å². The molecule has 1 aromatic carbocycles. The molecule has 1 unspecified atom stereocenters. The topological polar surface area (TPSA) is 24.5 Å². The second kappa shape index (κ2) is 6.12. The summed E-state index contributed by atoms with van der Waals surface area (Å²) < 4.78 is 5.40. The lowest BCUT2D eigenvalue weighted by molar-refractivity contribution is 0.201. The number of nitrogens with zero attached hydrogens (tertiary/aromatic N) is 1. The van der Waals surface area contributed by atoms with Crippen LogP contribution in [0.25, 0.3) is 0 Å². The highest BCUT2D eigenvalue weighted by Gasteiger charge is 2.29. The van der Waals surface area contributed by atoms with Gasteiger partial charge >= 0.3 is 0 Å². The number of hydrogen-bond donors (Lipinski definition) is 1. The Bertz CT molecular complexity index is 430. The number of nitrogens with one attached hydrogen (secondary N) is 1. The summed E-state index contributed by atoms with van der Waals surface area (Å²) in [6.45, 7) is 6.52. The molecule has 3 nitrogen and oxygen atoms in total. The number of ether oxygens (including phenoxy) is 1. The van der Waals surface area contributed by atoms with Gasteiger partial charge in [0, 0.05) is 30.2 Å². The highest BCUT2D eigenvalue weighted by Crippen LogP contribution is 2.28. The van der Waals surface area contributed by atoms with Gasteiger partial charge in [0.05, 0.1) is 7.11 Å². The van der Waals surface area contributed by atoms with Gasteiger partial charge in [-0.1, -0.05) is 18.5 Å². The minimum absolute atomic E-state index is 0.376. The molecule has 1 N–H and O–H groups in total. The van der Waals surface area contributed by atoms with Crippen molar-refractivity contribution in [3.63, 3.8) is 0 Å². The molecule has 0 saturated carbocycles. The molecule has 0 radical (unpaired) electrons. The zero-order valence-electron chi connectivity index (χ0n) is 12.0. The Morgan fingerprint density at radius 2 is 2.26 bits per heavy atom. The van der Waals surface area contributed by atoms with Crippen LogP contribution in [0, 0.1) is 5.41 Å². The molecule has 0 amide bonds. The fraction of sp³-hybridized carbons (Fsp3) is 0.600. The van der Waals surface area contributed by atoms with E-state index < -0.39 is 0 Å². The van der Waals surface area contributed by atoms with E-state index in [0.29, 0.717) is 5.41 Å². The van der Waals surface area contributed by atoms with Crippen LogP contribution in [0.4, 0.5) is 0 Å². The molecule has 1 atom stereocenters. The highest BCUT2D eigenvalue weighted by atomic mass is 35.5. The van der Waals surface area contributed by atoms with Crippen molar-refractivity contribution in [2.45, 2.75) is 19.9 Å². The predicted molar refractivity (Wildman–Crippen MR) is 79.9 cm³/mol. The average molecular weight is 283 g/mol. The Hall–Kier alpha value is -0.770. The van der Waals surface area contributed by atoms with Crippen LogP contribution in [-0.2, 0) is 6.54 Å². The standard InChI is InChI=1S/C15H23ClN2O/c1-15(6-7-17-10-15)11-18(2)9-12-8-13(16)4-5-14(12)19-3/h4-5,8,17H,6-7,9-11H2,1-3H3. The van der Waals surface area contributed by atoms with Crippen molar-refractivity contribution < 1.29 is 4.74 Å². The summed E-state index contributed by atoms with van der Waals surface area (Å²) in [4.78, 5) is 2.35. The highest BCUT2D eigenvalue weighted by molar-refractivity contribution is 6.30. The van der Waals surface area contributed by atoms with Gasteiger partial charge in [-0.2, -0.15) is 0 Å². The maximum absolute atomic E-state index is 6.07. The smallest absolute Gasteiger partial charge is 0.123 e. The van der Waals surface area contributed by atoms with Gasteiger partial charge < -0.3 is 15.0 Å². The van der Waals surface area contributed by atoms with Crippen LogP contribution in [0.1, 0.15) is 18.9 Å². The van der Waals surface area contributed by atoms with Crippen molar-refractivity contribution in [1.29, 1.82) is 0 Å². The summed E-state index contributed by atoms with van der Waals surface area (Å²) >= 11 is 6.07. The maximum Gasteiger partial charge on any atom is 0.123 e. The van der Waals surface area contributed by atoms with E-state index in [-0.39, 0.29) is 0 Å². The van der Waals surface area contributed by atoms with E-state index in [4.69, 9.17) is 16.3 Å². The molecule has 2 rings (SSSR count). The van der Waals surface area contributed by atoms with Gasteiger partial charge in [0.15, 0.2) is 0 Å². The minimum Gasteiger partial charge on any atom is -0.496 e. The van der Waals surface area contributed by atoms with Crippen LogP contribution in [0.15, 0.2) is 18.2 Å². The predicted octanol–water partition coefficient (Wildman–Crippen LogP) is 2.78. The van der Waals surface area contributed by atoms with E-state index in [1.54, 1.807) is 7.11 Å². The number of halogens is 1. The fourth-order valence-corrected chi connectivity index (χ4v) is 3.07. The Morgan fingerprint density at radius 3 is 2.89 bits per heavy atom. The normalized spacial score (nSPS) is 23.0. The van der Waals surface area contributed by atoms with Gasteiger partial charge in [0.1, 0.15) is 5.75 Å². The number of rotatable bonds is 5. The lowest BCUT2D eigenvalue weighted by atomic mass is 9.89. The Kier molecular flexibility index (Phi) is 4.71. The third kappa shape index (κ3) is 3.85. The molecule has 1 saturated heterocycles. The summed E-state index contributed by atoms with van der Waals surface area (Å²) in [6, 6.07) is 5.79. The first-order chi connectivity index (χ1) is 9.02. The molecule has 0 spiro atoms. The molecular formula is C15H23ClN2O. The molecule has 0 aliphatic carbocycles. The molecule has 4 heteroatoms. The summed E-state index contributed by atoms with van der Waals surface area (Å²) in [5.41, 5.74) is 1.52. The molecule has 1 aromatic rings. The van der Waals surface area contributed by atoms with Crippen LogP contribution < -0.4 is 10.1 Å². The van der Waals surface area contributed by atoms with Crippen LogP contribution in [0.2, 0.25) is 5.02 Å². The van der Waals surface area contributed by atoms with Gasteiger partial charge in [0.25, 0.3) is 0 Å². The van der Waals surface area contributed by atoms with Gasteiger partial charge in [-0.15, -0.1) is 0 Å². The first kappa shape index (κ1) is 14.6. The lowest BCUT2D eigenvalue weighted by Gasteiger charge is -2.29. The van der Waals surface area contributed by atoms with Gasteiger partial charge in [-0.25, -0.2) is 0 Å². The zero-order valence-corrected chi connectivity index (χ0v) is 12.8. The summed E-state index contributed by atoms with van der Waals surface area (Å²) in [7, 11) is 3.86. The summed E-state index contributed by atoms with van der Waals surface area (Å²) in [5, 5.41) is 4.20. The van der Waals surface area contributed by atoms with Crippen molar-refractivity contribution in [2.24, 2.45) is 5.41 Å². The molecule has 1 heterocycles. The van der Waals surface area contributed by atoms with Crippen LogP contribution >= 0.6 is 11.6 Å². The van der Waals surface area contributed by atoms with Crippen LogP contribution in [-0.4, -0.2) is 38.7 Å². The van der Waals surface area contributed by atoms with Crippen LogP contribution in [0.3, 0.4) is 0 Å². The monoisotopic (exact) mass is 282 g/mol. The quantitative estimate of drug-likeness (QED) is 0.899. The Morgan fingerprint density at radius 1 is 1.47 bits per heavy atom. The molecule has 0 bridgehead atoms. The first-order valence-corrected chi connectivity index (χ1v) is 7.12. The number of benzene rings is 1. The molecule has 19 heavy (non-hydrogen) atoms. The molecule has 106 valence electrons. The number of hydrogen-bond acceptors (Lipinski definition) is 3. The van der Waals surface area contributed by atoms with E-state index in [2.05, 4.69) is 24.2 Å². The van der Waals surface area contributed by atoms with E-state index in [0.717, 1.165) is 42.5 Å². The summed E-state index contributed by atoms with van der Waals surface area (Å²) in [5.74, 6) is 0.908. The average Bonchev–Trinajstić information content (AvgIpc) is 2.75. The van der Waals surface area contributed by atoms with E-state index in [1.165, 1.54) is 6.42 Å². The molecule has 1 fully saturated rings. The van der Waals surface area contributed by atoms with Crippen molar-refractivity contribution in [2.75, 3.05) is 33.8 Å². The lowest BCUT2D eigenvalue weighted by Crippen LogP contribution is -2.34. The molecule has 1 aliphatic rings. The van der Waals surface area contributed by atoms with Gasteiger partial charge in [-0.05, 0) is 43.6 Å². The van der Waals surface area contributed by atoms with Crippen molar-refractivity contribution in [1.82, 2.24) is 10.2 Å². The number of methoxy groups -OCH3 is 1. The zero-order chi connectivity index (χ0) is 13.9. The van der Waals surface area contributed by atoms with Gasteiger partial charge in [-0.3, -0.25) is 0 Å².